The van der Waals surface area contributed by atoms with E-state index in [0.29, 0.717) is 22.8 Å². The minimum absolute atomic E-state index is 0.340. The summed E-state index contributed by atoms with van der Waals surface area (Å²) in [6.07, 6.45) is -4.56. The average Bonchev–Trinajstić information content (AvgIpc) is 2.56. The zero-order valence-electron chi connectivity index (χ0n) is 13.4. The van der Waals surface area contributed by atoms with Crippen molar-refractivity contribution in [2.75, 3.05) is 18.9 Å². The number of hydrogen-bond acceptors (Lipinski definition) is 3. The van der Waals surface area contributed by atoms with Crippen LogP contribution in [0.1, 0.15) is 5.56 Å². The van der Waals surface area contributed by atoms with E-state index in [1.54, 1.807) is 24.3 Å². The van der Waals surface area contributed by atoms with Crippen LogP contribution in [0.3, 0.4) is 0 Å². The highest BCUT2D eigenvalue weighted by molar-refractivity contribution is 7.89. The van der Waals surface area contributed by atoms with Crippen LogP contribution in [0.2, 0.25) is 5.02 Å². The van der Waals surface area contributed by atoms with Gasteiger partial charge >= 0.3 is 6.18 Å². The maximum Gasteiger partial charge on any atom is 0.416 e. The van der Waals surface area contributed by atoms with E-state index < -0.39 is 34.2 Å². The van der Waals surface area contributed by atoms with Gasteiger partial charge in [0.25, 0.3) is 0 Å². The lowest BCUT2D eigenvalue weighted by Crippen LogP contribution is -2.35. The molecule has 2 aromatic carbocycles. The smallest absolute Gasteiger partial charge is 0.325 e. The second kappa shape index (κ2) is 7.65. The van der Waals surface area contributed by atoms with E-state index in [-0.39, 0.29) is 4.90 Å². The molecule has 0 heterocycles. The van der Waals surface area contributed by atoms with Crippen molar-refractivity contribution in [2.24, 2.45) is 0 Å². The van der Waals surface area contributed by atoms with Gasteiger partial charge in [0.05, 0.1) is 17.0 Å². The molecule has 0 unspecified atom stereocenters. The molecule has 1 amide bonds. The number of halogens is 4. The third kappa shape index (κ3) is 4.96. The third-order valence-corrected chi connectivity index (χ3v) is 5.45. The number of alkyl halides is 3. The van der Waals surface area contributed by atoms with Crippen molar-refractivity contribution >= 4 is 33.2 Å². The number of hydrogen-bond donors (Lipinski definition) is 1. The molecule has 2 aromatic rings. The molecule has 0 aliphatic carbocycles. The SMILES string of the molecule is CN(CC(=O)Nc1ccc(Cl)cc1)S(=O)(=O)c1ccc(C(F)(F)F)cc1. The average molecular weight is 407 g/mol. The van der Waals surface area contributed by atoms with Crippen LogP contribution in [0.5, 0.6) is 0 Å². The van der Waals surface area contributed by atoms with Gasteiger partial charge in [-0.15, -0.1) is 0 Å². The topological polar surface area (TPSA) is 66.5 Å². The maximum atomic E-state index is 12.6. The fourth-order valence-corrected chi connectivity index (χ4v) is 3.27. The van der Waals surface area contributed by atoms with Crippen molar-refractivity contribution in [3.63, 3.8) is 0 Å². The summed E-state index contributed by atoms with van der Waals surface area (Å²) in [5, 5.41) is 2.98. The van der Waals surface area contributed by atoms with E-state index in [0.717, 1.165) is 23.5 Å². The minimum Gasteiger partial charge on any atom is -0.325 e. The van der Waals surface area contributed by atoms with Gasteiger partial charge < -0.3 is 5.32 Å². The summed E-state index contributed by atoms with van der Waals surface area (Å²) in [6, 6.07) is 9.26. The zero-order chi connectivity index (χ0) is 19.5. The highest BCUT2D eigenvalue weighted by Gasteiger charge is 2.31. The molecule has 0 bridgehead atoms. The molecule has 0 radical (unpaired) electrons. The number of benzene rings is 2. The van der Waals surface area contributed by atoms with Crippen molar-refractivity contribution in [1.29, 1.82) is 0 Å². The van der Waals surface area contributed by atoms with Gasteiger partial charge in [0, 0.05) is 17.8 Å². The Kier molecular flexibility index (Phi) is 5.94. The van der Waals surface area contributed by atoms with E-state index in [1.165, 1.54) is 0 Å². The predicted molar refractivity (Wildman–Crippen MR) is 91.3 cm³/mol. The van der Waals surface area contributed by atoms with E-state index in [4.69, 9.17) is 11.6 Å². The predicted octanol–water partition coefficient (Wildman–Crippen LogP) is 3.62. The van der Waals surface area contributed by atoms with Gasteiger partial charge in [-0.25, -0.2) is 8.42 Å². The Balaban J connectivity index is 2.08. The van der Waals surface area contributed by atoms with Crippen LogP contribution in [0.4, 0.5) is 18.9 Å². The molecular weight excluding hydrogens is 393 g/mol. The van der Waals surface area contributed by atoms with Crippen molar-refractivity contribution < 1.29 is 26.4 Å². The molecule has 10 heteroatoms. The van der Waals surface area contributed by atoms with Gasteiger partial charge in [-0.05, 0) is 48.5 Å². The molecule has 5 nitrogen and oxygen atoms in total. The molecule has 2 rings (SSSR count). The van der Waals surface area contributed by atoms with Gasteiger partial charge in [-0.2, -0.15) is 17.5 Å². The molecule has 1 N–H and O–H groups in total. The number of carbonyl (C=O) groups excluding carboxylic acids is 1. The summed E-state index contributed by atoms with van der Waals surface area (Å²) in [5.41, 5.74) is -0.528. The highest BCUT2D eigenvalue weighted by Crippen LogP contribution is 2.30. The largest absolute Gasteiger partial charge is 0.416 e. The molecule has 140 valence electrons. The van der Waals surface area contributed by atoms with Crippen LogP contribution in [0.15, 0.2) is 53.4 Å². The molecule has 26 heavy (non-hydrogen) atoms. The Morgan fingerprint density at radius 1 is 1.08 bits per heavy atom. The van der Waals surface area contributed by atoms with Crippen molar-refractivity contribution in [1.82, 2.24) is 4.31 Å². The molecule has 0 aliphatic heterocycles. The van der Waals surface area contributed by atoms with E-state index >= 15 is 0 Å². The zero-order valence-corrected chi connectivity index (χ0v) is 15.0. The number of likely N-dealkylation sites (N-methyl/N-ethyl adjacent to an activating group) is 1. The fourth-order valence-electron chi connectivity index (χ4n) is 2.02. The molecule has 0 saturated heterocycles. The second-order valence-electron chi connectivity index (χ2n) is 5.34. The Labute approximate surface area is 153 Å². The first kappa shape index (κ1) is 20.2. The first-order valence-corrected chi connectivity index (χ1v) is 9.01. The number of carbonyl (C=O) groups is 1. The molecule has 0 aliphatic rings. The molecule has 0 atom stereocenters. The van der Waals surface area contributed by atoms with Gasteiger partial charge in [0.2, 0.25) is 15.9 Å². The number of anilines is 1. The van der Waals surface area contributed by atoms with Crippen molar-refractivity contribution in [3.8, 4) is 0 Å². The summed E-state index contributed by atoms with van der Waals surface area (Å²) < 4.78 is 63.2. The third-order valence-electron chi connectivity index (χ3n) is 3.38. The summed E-state index contributed by atoms with van der Waals surface area (Å²) >= 11 is 5.73. The standard InChI is InChI=1S/C16H14ClF3N2O3S/c1-22(10-15(23)21-13-6-4-12(17)5-7-13)26(24,25)14-8-2-11(3-9-14)16(18,19)20/h2-9H,10H2,1H3,(H,21,23). The van der Waals surface area contributed by atoms with E-state index in [1.807, 2.05) is 0 Å². The summed E-state index contributed by atoms with van der Waals surface area (Å²) in [6.45, 7) is -0.508. The molecule has 0 saturated carbocycles. The second-order valence-corrected chi connectivity index (χ2v) is 7.82. The fraction of sp³-hybridized carbons (Fsp3) is 0.188. The quantitative estimate of drug-likeness (QED) is 0.824. The maximum absolute atomic E-state index is 12.6. The van der Waals surface area contributed by atoms with E-state index in [2.05, 4.69) is 5.32 Å². The van der Waals surface area contributed by atoms with Crippen LogP contribution in [-0.4, -0.2) is 32.2 Å². The monoisotopic (exact) mass is 406 g/mol. The summed E-state index contributed by atoms with van der Waals surface area (Å²) in [5.74, 6) is -0.606. The van der Waals surface area contributed by atoms with Gasteiger partial charge in [-0.3, -0.25) is 4.79 Å². The highest BCUT2D eigenvalue weighted by atomic mass is 35.5. The lowest BCUT2D eigenvalue weighted by Gasteiger charge is -2.17. The summed E-state index contributed by atoms with van der Waals surface area (Å²) in [4.78, 5) is 11.6. The normalized spacial score (nSPS) is 12.2. The molecule has 0 aromatic heterocycles. The number of rotatable bonds is 5. The van der Waals surface area contributed by atoms with Gasteiger partial charge in [0.15, 0.2) is 0 Å². The van der Waals surface area contributed by atoms with Gasteiger partial charge in [-0.1, -0.05) is 11.6 Å². The lowest BCUT2D eigenvalue weighted by atomic mass is 10.2. The number of amides is 1. The van der Waals surface area contributed by atoms with Crippen molar-refractivity contribution in [3.05, 3.63) is 59.1 Å². The first-order valence-electron chi connectivity index (χ1n) is 7.19. The molecular formula is C16H14ClF3N2O3S. The van der Waals surface area contributed by atoms with Crippen LogP contribution in [0, 0.1) is 0 Å². The Morgan fingerprint density at radius 3 is 2.12 bits per heavy atom. The Morgan fingerprint density at radius 2 is 1.62 bits per heavy atom. The van der Waals surface area contributed by atoms with Crippen LogP contribution >= 0.6 is 11.6 Å². The van der Waals surface area contributed by atoms with Crippen LogP contribution < -0.4 is 5.32 Å². The van der Waals surface area contributed by atoms with Crippen molar-refractivity contribution in [2.45, 2.75) is 11.1 Å². The van der Waals surface area contributed by atoms with Crippen LogP contribution in [0.25, 0.3) is 0 Å². The van der Waals surface area contributed by atoms with E-state index in [9.17, 15) is 26.4 Å². The van der Waals surface area contributed by atoms with Gasteiger partial charge in [0.1, 0.15) is 0 Å². The van der Waals surface area contributed by atoms with Crippen LogP contribution in [-0.2, 0) is 21.0 Å². The Hall–Kier alpha value is -2.10. The number of nitrogens with zero attached hydrogens (tertiary/aromatic N) is 1. The molecule has 0 spiro atoms. The first-order chi connectivity index (χ1) is 12.0. The Bertz CT molecular complexity index is 882. The minimum atomic E-state index is -4.56. The summed E-state index contributed by atoms with van der Waals surface area (Å²) in [7, 11) is -2.95. The number of sulfonamides is 1. The molecule has 0 fully saturated rings. The number of nitrogens with one attached hydrogen (secondary N) is 1. The lowest BCUT2D eigenvalue weighted by molar-refractivity contribution is -0.137.